The molecule has 1 fully saturated rings. The van der Waals surface area contributed by atoms with Crippen LogP contribution in [0.2, 0.25) is 0 Å². The smallest absolute Gasteiger partial charge is 0.228 e. The lowest BCUT2D eigenvalue weighted by Gasteiger charge is -2.35. The van der Waals surface area contributed by atoms with Crippen molar-refractivity contribution in [1.82, 2.24) is 14.8 Å². The average Bonchev–Trinajstić information content (AvgIpc) is 3.33. The molecule has 1 aliphatic rings. The Morgan fingerprint density at radius 1 is 1.07 bits per heavy atom. The molecule has 0 amide bonds. The Morgan fingerprint density at radius 2 is 1.82 bits per heavy atom. The number of benzene rings is 1. The maximum Gasteiger partial charge on any atom is 0.228 e. The number of anilines is 1. The van der Waals surface area contributed by atoms with Crippen LogP contribution < -0.4 is 4.90 Å². The zero-order chi connectivity index (χ0) is 19.5. The summed E-state index contributed by atoms with van der Waals surface area (Å²) in [6.07, 6.45) is 3.00. The van der Waals surface area contributed by atoms with Crippen molar-refractivity contribution in [3.05, 3.63) is 60.1 Å². The lowest BCUT2D eigenvalue weighted by atomic mass is 9.92. The van der Waals surface area contributed by atoms with E-state index in [2.05, 4.69) is 70.8 Å². The van der Waals surface area contributed by atoms with Gasteiger partial charge in [-0.2, -0.15) is 0 Å². The zero-order valence-corrected chi connectivity index (χ0v) is 17.6. The van der Waals surface area contributed by atoms with E-state index in [-0.39, 0.29) is 0 Å². The third-order valence-corrected chi connectivity index (χ3v) is 6.43. The van der Waals surface area contributed by atoms with Gasteiger partial charge in [0.15, 0.2) is 5.16 Å². The summed E-state index contributed by atoms with van der Waals surface area (Å²) in [5.74, 6) is 3.21. The van der Waals surface area contributed by atoms with Gasteiger partial charge in [0.25, 0.3) is 0 Å². The van der Waals surface area contributed by atoms with E-state index in [0.29, 0.717) is 23.6 Å². The molecule has 1 aromatic carbocycles. The van der Waals surface area contributed by atoms with Crippen molar-refractivity contribution >= 4 is 17.7 Å². The number of rotatable bonds is 6. The number of nitrogens with zero attached hydrogens (tertiary/aromatic N) is 4. The SMILES string of the molecule is CC1CC(C)CN(c2nnc(SC(C)c3ccccc3)n2Cc2ccco2)C1. The van der Waals surface area contributed by atoms with Gasteiger partial charge in [-0.15, -0.1) is 10.2 Å². The van der Waals surface area contributed by atoms with Crippen molar-refractivity contribution in [3.63, 3.8) is 0 Å². The van der Waals surface area contributed by atoms with Crippen molar-refractivity contribution in [2.24, 2.45) is 11.8 Å². The molecule has 5 nitrogen and oxygen atoms in total. The second kappa shape index (κ2) is 8.43. The second-order valence-corrected chi connectivity index (χ2v) is 9.28. The van der Waals surface area contributed by atoms with Crippen LogP contribution in [0, 0.1) is 11.8 Å². The maximum absolute atomic E-state index is 5.63. The molecule has 148 valence electrons. The third kappa shape index (κ3) is 4.27. The van der Waals surface area contributed by atoms with E-state index < -0.39 is 0 Å². The van der Waals surface area contributed by atoms with E-state index in [1.54, 1.807) is 18.0 Å². The largest absolute Gasteiger partial charge is 0.467 e. The Balaban J connectivity index is 1.63. The van der Waals surface area contributed by atoms with Gasteiger partial charge in [0.2, 0.25) is 5.95 Å². The first kappa shape index (κ1) is 19.1. The van der Waals surface area contributed by atoms with Gasteiger partial charge in [0.1, 0.15) is 5.76 Å². The van der Waals surface area contributed by atoms with Crippen LogP contribution in [0.15, 0.2) is 58.3 Å². The fourth-order valence-corrected chi connectivity index (χ4v) is 5.05. The molecule has 3 atom stereocenters. The molecular formula is C22H28N4OS. The van der Waals surface area contributed by atoms with Crippen molar-refractivity contribution in [3.8, 4) is 0 Å². The van der Waals surface area contributed by atoms with E-state index in [1.807, 2.05) is 12.1 Å². The number of hydrogen-bond donors (Lipinski definition) is 0. The molecule has 3 aromatic rings. The molecule has 0 bridgehead atoms. The lowest BCUT2D eigenvalue weighted by molar-refractivity contribution is 0.350. The summed E-state index contributed by atoms with van der Waals surface area (Å²) in [5, 5.41) is 10.4. The Morgan fingerprint density at radius 3 is 2.50 bits per heavy atom. The first-order valence-electron chi connectivity index (χ1n) is 10.0. The van der Waals surface area contributed by atoms with E-state index in [9.17, 15) is 0 Å². The summed E-state index contributed by atoms with van der Waals surface area (Å²) in [6.45, 7) is 9.57. The molecule has 1 aliphatic heterocycles. The number of thioether (sulfide) groups is 1. The van der Waals surface area contributed by atoms with E-state index >= 15 is 0 Å². The van der Waals surface area contributed by atoms with Gasteiger partial charge in [-0.25, -0.2) is 0 Å². The normalized spacial score (nSPS) is 21.0. The molecule has 4 rings (SSSR count). The Hall–Kier alpha value is -2.21. The van der Waals surface area contributed by atoms with Crippen LogP contribution in [0.5, 0.6) is 0 Å². The standard InChI is InChI=1S/C22H28N4OS/c1-16-12-17(2)14-25(13-16)21-23-24-22(26(21)15-20-10-7-11-27-20)28-18(3)19-8-5-4-6-9-19/h4-11,16-18H,12-15H2,1-3H3. The van der Waals surface area contributed by atoms with E-state index in [0.717, 1.165) is 30.0 Å². The van der Waals surface area contributed by atoms with Gasteiger partial charge in [0.05, 0.1) is 12.8 Å². The molecule has 6 heteroatoms. The molecule has 3 unspecified atom stereocenters. The minimum Gasteiger partial charge on any atom is -0.467 e. The van der Waals surface area contributed by atoms with Crippen LogP contribution in [0.4, 0.5) is 5.95 Å². The van der Waals surface area contributed by atoms with Crippen LogP contribution in [0.25, 0.3) is 0 Å². The summed E-state index contributed by atoms with van der Waals surface area (Å²) in [7, 11) is 0. The average molecular weight is 397 g/mol. The van der Waals surface area contributed by atoms with Crippen LogP contribution in [0.3, 0.4) is 0 Å². The molecule has 0 N–H and O–H groups in total. The number of piperidine rings is 1. The van der Waals surface area contributed by atoms with E-state index in [1.165, 1.54) is 12.0 Å². The number of hydrogen-bond acceptors (Lipinski definition) is 5. The van der Waals surface area contributed by atoms with Gasteiger partial charge >= 0.3 is 0 Å². The zero-order valence-electron chi connectivity index (χ0n) is 16.8. The van der Waals surface area contributed by atoms with Gasteiger partial charge in [-0.05, 0) is 42.9 Å². The maximum atomic E-state index is 5.63. The summed E-state index contributed by atoms with van der Waals surface area (Å²) >= 11 is 1.75. The molecule has 0 spiro atoms. The van der Waals surface area contributed by atoms with Crippen LogP contribution in [-0.4, -0.2) is 27.9 Å². The Bertz CT molecular complexity index is 867. The van der Waals surface area contributed by atoms with E-state index in [4.69, 9.17) is 4.42 Å². The first-order chi connectivity index (χ1) is 13.6. The molecule has 2 aromatic heterocycles. The quantitative estimate of drug-likeness (QED) is 0.532. The van der Waals surface area contributed by atoms with Crippen LogP contribution in [0.1, 0.15) is 43.8 Å². The topological polar surface area (TPSA) is 47.1 Å². The van der Waals surface area contributed by atoms with Crippen molar-refractivity contribution in [2.45, 2.75) is 44.1 Å². The highest BCUT2D eigenvalue weighted by atomic mass is 32.2. The predicted octanol–water partition coefficient (Wildman–Crippen LogP) is 5.26. The van der Waals surface area contributed by atoms with Crippen molar-refractivity contribution < 1.29 is 4.42 Å². The molecule has 28 heavy (non-hydrogen) atoms. The first-order valence-corrected chi connectivity index (χ1v) is 10.9. The predicted molar refractivity (Wildman–Crippen MR) is 114 cm³/mol. The third-order valence-electron chi connectivity index (χ3n) is 5.29. The highest BCUT2D eigenvalue weighted by Gasteiger charge is 2.27. The highest BCUT2D eigenvalue weighted by Crippen LogP contribution is 2.36. The minimum atomic E-state index is 0.299. The van der Waals surface area contributed by atoms with Gasteiger partial charge in [-0.1, -0.05) is 55.9 Å². The van der Waals surface area contributed by atoms with Gasteiger partial charge in [-0.3, -0.25) is 4.57 Å². The molecule has 3 heterocycles. The molecule has 0 aliphatic carbocycles. The monoisotopic (exact) mass is 396 g/mol. The minimum absolute atomic E-state index is 0.299. The van der Waals surface area contributed by atoms with Gasteiger partial charge < -0.3 is 9.32 Å². The Kier molecular flexibility index (Phi) is 5.76. The van der Waals surface area contributed by atoms with Gasteiger partial charge in [0, 0.05) is 18.3 Å². The molecule has 0 saturated carbocycles. The lowest BCUT2D eigenvalue weighted by Crippen LogP contribution is -2.40. The molecule has 1 saturated heterocycles. The second-order valence-electron chi connectivity index (χ2n) is 7.97. The number of furan rings is 1. The fourth-order valence-electron chi connectivity index (χ4n) is 4.08. The molecular weight excluding hydrogens is 368 g/mol. The van der Waals surface area contributed by atoms with Crippen molar-refractivity contribution in [1.29, 1.82) is 0 Å². The number of aromatic nitrogens is 3. The highest BCUT2D eigenvalue weighted by molar-refractivity contribution is 7.99. The molecule has 0 radical (unpaired) electrons. The summed E-state index contributed by atoms with van der Waals surface area (Å²) in [5.41, 5.74) is 1.29. The van der Waals surface area contributed by atoms with Crippen LogP contribution >= 0.6 is 11.8 Å². The fraction of sp³-hybridized carbons (Fsp3) is 0.455. The van der Waals surface area contributed by atoms with Crippen LogP contribution in [-0.2, 0) is 6.54 Å². The van der Waals surface area contributed by atoms with Crippen molar-refractivity contribution in [2.75, 3.05) is 18.0 Å². The summed E-state index contributed by atoms with van der Waals surface area (Å²) < 4.78 is 7.85. The summed E-state index contributed by atoms with van der Waals surface area (Å²) in [6, 6.07) is 14.5. The summed E-state index contributed by atoms with van der Waals surface area (Å²) in [4.78, 5) is 2.39. The Labute approximate surface area is 171 Å².